The van der Waals surface area contributed by atoms with Gasteiger partial charge in [0, 0.05) is 17.2 Å². The average molecular weight is 357 g/mol. The van der Waals surface area contributed by atoms with Crippen molar-refractivity contribution in [1.29, 1.82) is 0 Å². The SMILES string of the molecule is CCCn1cc(Br)cc1C(=O)Nc1ccc(Cl)nc1C. The second kappa shape index (κ2) is 6.41. The van der Waals surface area contributed by atoms with Gasteiger partial charge in [-0.25, -0.2) is 4.98 Å². The molecule has 0 aliphatic heterocycles. The minimum Gasteiger partial charge on any atom is -0.342 e. The van der Waals surface area contributed by atoms with Crippen molar-refractivity contribution in [2.45, 2.75) is 26.8 Å². The van der Waals surface area contributed by atoms with E-state index in [-0.39, 0.29) is 5.91 Å². The highest BCUT2D eigenvalue weighted by Gasteiger charge is 2.14. The number of rotatable bonds is 4. The van der Waals surface area contributed by atoms with Gasteiger partial charge in [-0.15, -0.1) is 0 Å². The normalized spacial score (nSPS) is 10.6. The molecule has 2 heterocycles. The van der Waals surface area contributed by atoms with Crippen molar-refractivity contribution in [3.8, 4) is 0 Å². The molecular formula is C14H15BrClN3O. The van der Waals surface area contributed by atoms with Gasteiger partial charge >= 0.3 is 0 Å². The third-order valence-electron chi connectivity index (χ3n) is 2.86. The Hall–Kier alpha value is -1.33. The van der Waals surface area contributed by atoms with Crippen LogP contribution in [0.4, 0.5) is 5.69 Å². The second-order valence-corrected chi connectivity index (χ2v) is 5.76. The van der Waals surface area contributed by atoms with Crippen LogP contribution in [0.25, 0.3) is 0 Å². The smallest absolute Gasteiger partial charge is 0.272 e. The quantitative estimate of drug-likeness (QED) is 0.832. The molecule has 2 rings (SSSR count). The minimum absolute atomic E-state index is 0.156. The molecule has 0 fully saturated rings. The highest BCUT2D eigenvalue weighted by molar-refractivity contribution is 9.10. The summed E-state index contributed by atoms with van der Waals surface area (Å²) < 4.78 is 2.82. The molecule has 4 nitrogen and oxygen atoms in total. The number of halogens is 2. The Morgan fingerprint density at radius 3 is 2.90 bits per heavy atom. The molecule has 0 atom stereocenters. The van der Waals surface area contributed by atoms with Gasteiger partial charge in [0.25, 0.3) is 5.91 Å². The van der Waals surface area contributed by atoms with Crippen LogP contribution in [0.3, 0.4) is 0 Å². The second-order valence-electron chi connectivity index (χ2n) is 4.46. The van der Waals surface area contributed by atoms with E-state index >= 15 is 0 Å². The third kappa shape index (κ3) is 3.41. The van der Waals surface area contributed by atoms with E-state index in [4.69, 9.17) is 11.6 Å². The number of carbonyl (C=O) groups is 1. The van der Waals surface area contributed by atoms with Crippen LogP contribution in [0.15, 0.2) is 28.9 Å². The molecule has 0 aliphatic rings. The molecule has 0 spiro atoms. The summed E-state index contributed by atoms with van der Waals surface area (Å²) in [5, 5.41) is 3.28. The zero-order chi connectivity index (χ0) is 14.7. The van der Waals surface area contributed by atoms with Crippen molar-refractivity contribution in [2.24, 2.45) is 0 Å². The van der Waals surface area contributed by atoms with Gasteiger partial charge in [-0.3, -0.25) is 4.79 Å². The summed E-state index contributed by atoms with van der Waals surface area (Å²) in [6.07, 6.45) is 2.87. The van der Waals surface area contributed by atoms with Gasteiger partial charge in [0.1, 0.15) is 10.8 Å². The predicted octanol–water partition coefficient (Wildman–Crippen LogP) is 4.27. The molecule has 0 unspecified atom stereocenters. The van der Waals surface area contributed by atoms with Crippen LogP contribution in [0, 0.1) is 6.92 Å². The van der Waals surface area contributed by atoms with Crippen LogP contribution in [-0.2, 0) is 6.54 Å². The first-order valence-corrected chi connectivity index (χ1v) is 7.48. The summed E-state index contributed by atoms with van der Waals surface area (Å²) in [5.74, 6) is -0.156. The molecule has 0 saturated heterocycles. The fourth-order valence-electron chi connectivity index (χ4n) is 1.94. The summed E-state index contributed by atoms with van der Waals surface area (Å²) in [5.41, 5.74) is 1.98. The first-order chi connectivity index (χ1) is 9.51. The van der Waals surface area contributed by atoms with E-state index in [1.54, 1.807) is 12.1 Å². The lowest BCUT2D eigenvalue weighted by molar-refractivity contribution is 0.101. The number of hydrogen-bond donors (Lipinski definition) is 1. The molecule has 2 aromatic rings. The maximum Gasteiger partial charge on any atom is 0.272 e. The molecule has 0 radical (unpaired) electrons. The van der Waals surface area contributed by atoms with E-state index in [1.165, 1.54) is 0 Å². The van der Waals surface area contributed by atoms with Gasteiger partial charge in [-0.1, -0.05) is 18.5 Å². The monoisotopic (exact) mass is 355 g/mol. The number of amides is 1. The largest absolute Gasteiger partial charge is 0.342 e. The Bertz CT molecular complexity index is 639. The van der Waals surface area contributed by atoms with Gasteiger partial charge in [-0.2, -0.15) is 0 Å². The first-order valence-electron chi connectivity index (χ1n) is 6.31. The third-order valence-corrected chi connectivity index (χ3v) is 3.50. The number of anilines is 1. The molecule has 1 N–H and O–H groups in total. The fourth-order valence-corrected chi connectivity index (χ4v) is 2.59. The summed E-state index contributed by atoms with van der Waals surface area (Å²) in [7, 11) is 0. The highest BCUT2D eigenvalue weighted by Crippen LogP contribution is 2.19. The molecule has 0 saturated carbocycles. The Morgan fingerprint density at radius 2 is 2.25 bits per heavy atom. The number of carbonyl (C=O) groups excluding carboxylic acids is 1. The number of hydrogen-bond acceptors (Lipinski definition) is 2. The number of aromatic nitrogens is 2. The van der Waals surface area contributed by atoms with Crippen molar-refractivity contribution < 1.29 is 4.79 Å². The van der Waals surface area contributed by atoms with Gasteiger partial charge in [-0.05, 0) is 47.5 Å². The summed E-state index contributed by atoms with van der Waals surface area (Å²) in [4.78, 5) is 16.5. The number of nitrogens with zero attached hydrogens (tertiary/aromatic N) is 2. The van der Waals surface area contributed by atoms with Gasteiger partial charge < -0.3 is 9.88 Å². The first kappa shape index (κ1) is 15.1. The van der Waals surface area contributed by atoms with E-state index < -0.39 is 0 Å². The number of nitrogens with one attached hydrogen (secondary N) is 1. The molecule has 1 amide bonds. The molecular weight excluding hydrogens is 342 g/mol. The van der Waals surface area contributed by atoms with E-state index in [0.717, 1.165) is 17.4 Å². The zero-order valence-corrected chi connectivity index (χ0v) is 13.6. The highest BCUT2D eigenvalue weighted by atomic mass is 79.9. The van der Waals surface area contributed by atoms with Crippen LogP contribution in [0.5, 0.6) is 0 Å². The van der Waals surface area contributed by atoms with Crippen molar-refractivity contribution in [3.63, 3.8) is 0 Å². The molecule has 0 aliphatic carbocycles. The summed E-state index contributed by atoms with van der Waals surface area (Å²) in [6.45, 7) is 4.68. The summed E-state index contributed by atoms with van der Waals surface area (Å²) >= 11 is 9.21. The molecule has 2 aromatic heterocycles. The van der Waals surface area contributed by atoms with Crippen LogP contribution >= 0.6 is 27.5 Å². The van der Waals surface area contributed by atoms with E-state index in [2.05, 4.69) is 33.2 Å². The van der Waals surface area contributed by atoms with Crippen LogP contribution in [0.2, 0.25) is 5.15 Å². The van der Waals surface area contributed by atoms with Gasteiger partial charge in [0.05, 0.1) is 11.4 Å². The lowest BCUT2D eigenvalue weighted by atomic mass is 10.3. The number of pyridine rings is 1. The lowest BCUT2D eigenvalue weighted by Gasteiger charge is -2.10. The van der Waals surface area contributed by atoms with Crippen molar-refractivity contribution in [1.82, 2.24) is 9.55 Å². The van der Waals surface area contributed by atoms with Crippen molar-refractivity contribution >= 4 is 39.1 Å². The topological polar surface area (TPSA) is 46.9 Å². The minimum atomic E-state index is -0.156. The van der Waals surface area contributed by atoms with E-state index in [1.807, 2.05) is 23.8 Å². The standard InChI is InChI=1S/C14H15BrClN3O/c1-3-6-19-8-10(15)7-12(19)14(20)18-11-4-5-13(16)17-9(11)2/h4-5,7-8H,3,6H2,1-2H3,(H,18,20). The average Bonchev–Trinajstić information content (AvgIpc) is 2.74. The Kier molecular flexibility index (Phi) is 4.83. The Balaban J connectivity index is 2.23. The fraction of sp³-hybridized carbons (Fsp3) is 0.286. The van der Waals surface area contributed by atoms with E-state index in [9.17, 15) is 4.79 Å². The summed E-state index contributed by atoms with van der Waals surface area (Å²) in [6, 6.07) is 5.22. The molecule has 106 valence electrons. The van der Waals surface area contributed by atoms with Gasteiger partial charge in [0.2, 0.25) is 0 Å². The number of aryl methyl sites for hydroxylation is 2. The van der Waals surface area contributed by atoms with Crippen molar-refractivity contribution in [3.05, 3.63) is 45.4 Å². The Morgan fingerprint density at radius 1 is 1.50 bits per heavy atom. The van der Waals surface area contributed by atoms with Crippen LogP contribution in [0.1, 0.15) is 29.5 Å². The zero-order valence-electron chi connectivity index (χ0n) is 11.3. The van der Waals surface area contributed by atoms with Crippen LogP contribution < -0.4 is 5.32 Å². The maximum absolute atomic E-state index is 12.3. The lowest BCUT2D eigenvalue weighted by Crippen LogP contribution is -2.17. The predicted molar refractivity (Wildman–Crippen MR) is 84.4 cm³/mol. The molecule has 20 heavy (non-hydrogen) atoms. The van der Waals surface area contributed by atoms with Gasteiger partial charge in [0.15, 0.2) is 0 Å². The molecule has 0 bridgehead atoms. The van der Waals surface area contributed by atoms with Crippen molar-refractivity contribution in [2.75, 3.05) is 5.32 Å². The van der Waals surface area contributed by atoms with E-state index in [0.29, 0.717) is 22.2 Å². The molecule has 6 heteroatoms. The van der Waals surface area contributed by atoms with Crippen LogP contribution in [-0.4, -0.2) is 15.5 Å². The maximum atomic E-state index is 12.3. The molecule has 0 aromatic carbocycles. The Labute approximate surface area is 131 Å².